The lowest BCUT2D eigenvalue weighted by atomic mass is 10.2. The highest BCUT2D eigenvalue weighted by atomic mass is 16.3. The number of hydrogen-bond acceptors (Lipinski definition) is 4. The number of hydrogen-bond donors (Lipinski definition) is 2. The van der Waals surface area contributed by atoms with Crippen LogP contribution in [0.3, 0.4) is 0 Å². The number of carbonyl (C=O) groups excluding carboxylic acids is 1. The molecule has 21 heavy (non-hydrogen) atoms. The fourth-order valence-corrected chi connectivity index (χ4v) is 1.99. The van der Waals surface area contributed by atoms with Gasteiger partial charge in [-0.2, -0.15) is 5.26 Å². The van der Waals surface area contributed by atoms with Crippen molar-refractivity contribution in [3.05, 3.63) is 53.5 Å². The molecule has 2 aromatic rings. The van der Waals surface area contributed by atoms with Crippen LogP contribution in [0.5, 0.6) is 0 Å². The quantitative estimate of drug-likeness (QED) is 0.883. The number of nitrogens with zero attached hydrogens (tertiary/aromatic N) is 1. The van der Waals surface area contributed by atoms with Crippen LogP contribution in [-0.2, 0) is 6.54 Å². The molecule has 1 aromatic carbocycles. The second kappa shape index (κ2) is 5.71. The fourth-order valence-electron chi connectivity index (χ4n) is 1.99. The predicted molar refractivity (Wildman–Crippen MR) is 77.7 cm³/mol. The van der Waals surface area contributed by atoms with Crippen LogP contribution in [0.25, 0.3) is 0 Å². The van der Waals surface area contributed by atoms with Gasteiger partial charge < -0.3 is 15.1 Å². The van der Waals surface area contributed by atoms with Crippen LogP contribution in [0.4, 0.5) is 5.69 Å². The van der Waals surface area contributed by atoms with E-state index >= 15 is 0 Å². The highest BCUT2D eigenvalue weighted by Crippen LogP contribution is 2.20. The summed E-state index contributed by atoms with van der Waals surface area (Å²) in [5, 5.41) is 14.8. The average Bonchev–Trinajstić information content (AvgIpc) is 3.20. The molecule has 0 spiro atoms. The first-order valence-corrected chi connectivity index (χ1v) is 6.88. The van der Waals surface area contributed by atoms with E-state index in [-0.39, 0.29) is 5.91 Å². The second-order valence-electron chi connectivity index (χ2n) is 5.06. The molecule has 5 heteroatoms. The summed E-state index contributed by atoms with van der Waals surface area (Å²) in [6, 6.07) is 13.0. The van der Waals surface area contributed by atoms with E-state index in [9.17, 15) is 4.79 Å². The van der Waals surface area contributed by atoms with Gasteiger partial charge in [-0.05, 0) is 43.2 Å². The Morgan fingerprint density at radius 3 is 2.90 bits per heavy atom. The topological polar surface area (TPSA) is 78.1 Å². The Bertz CT molecular complexity index is 696. The van der Waals surface area contributed by atoms with Gasteiger partial charge in [-0.25, -0.2) is 0 Å². The van der Waals surface area contributed by atoms with Gasteiger partial charge in [0.1, 0.15) is 11.8 Å². The van der Waals surface area contributed by atoms with Crippen molar-refractivity contribution >= 4 is 11.6 Å². The van der Waals surface area contributed by atoms with Crippen LogP contribution in [-0.4, -0.2) is 11.9 Å². The molecule has 0 atom stereocenters. The van der Waals surface area contributed by atoms with Crippen molar-refractivity contribution in [1.29, 1.82) is 5.26 Å². The number of anilines is 1. The molecule has 1 amide bonds. The van der Waals surface area contributed by atoms with Gasteiger partial charge in [0.2, 0.25) is 5.76 Å². The number of amides is 1. The molecule has 2 N–H and O–H groups in total. The molecule has 106 valence electrons. The lowest BCUT2D eigenvalue weighted by Crippen LogP contribution is -2.25. The standard InChI is InChI=1S/C16H15N3O2/c17-9-14-6-7-15(21-14)10-18-13-3-1-2-11(8-13)16(20)19-12-4-5-12/h1-3,6-8,12,18H,4-5,10H2,(H,19,20). The SMILES string of the molecule is N#Cc1ccc(CNc2cccc(C(=O)NC3CC3)c2)o1. The van der Waals surface area contributed by atoms with Crippen LogP contribution >= 0.6 is 0 Å². The van der Waals surface area contributed by atoms with Crippen molar-refractivity contribution < 1.29 is 9.21 Å². The van der Waals surface area contributed by atoms with Crippen LogP contribution < -0.4 is 10.6 Å². The van der Waals surface area contributed by atoms with Crippen molar-refractivity contribution in [2.45, 2.75) is 25.4 Å². The summed E-state index contributed by atoms with van der Waals surface area (Å²) in [5.74, 6) is 0.940. The Labute approximate surface area is 122 Å². The summed E-state index contributed by atoms with van der Waals surface area (Å²) in [6.45, 7) is 0.468. The molecule has 0 radical (unpaired) electrons. The van der Waals surface area contributed by atoms with Gasteiger partial charge in [-0.3, -0.25) is 4.79 Å². The number of nitriles is 1. The van der Waals surface area contributed by atoms with E-state index in [1.165, 1.54) is 0 Å². The fraction of sp³-hybridized carbons (Fsp3) is 0.250. The van der Waals surface area contributed by atoms with E-state index in [0.29, 0.717) is 29.7 Å². The normalized spacial score (nSPS) is 13.5. The largest absolute Gasteiger partial charge is 0.449 e. The molecular formula is C16H15N3O2. The lowest BCUT2D eigenvalue weighted by molar-refractivity contribution is 0.0951. The molecule has 3 rings (SSSR count). The van der Waals surface area contributed by atoms with Crippen molar-refractivity contribution in [3.8, 4) is 6.07 Å². The Hall–Kier alpha value is -2.74. The molecule has 0 unspecified atom stereocenters. The van der Waals surface area contributed by atoms with E-state index < -0.39 is 0 Å². The van der Waals surface area contributed by atoms with Crippen molar-refractivity contribution in [3.63, 3.8) is 0 Å². The summed E-state index contributed by atoms with van der Waals surface area (Å²) < 4.78 is 5.29. The summed E-state index contributed by atoms with van der Waals surface area (Å²) >= 11 is 0. The molecule has 1 aliphatic rings. The maximum Gasteiger partial charge on any atom is 0.251 e. The monoisotopic (exact) mass is 281 g/mol. The Balaban J connectivity index is 1.62. The van der Waals surface area contributed by atoms with E-state index in [0.717, 1.165) is 18.5 Å². The zero-order valence-electron chi connectivity index (χ0n) is 11.4. The van der Waals surface area contributed by atoms with Gasteiger partial charge >= 0.3 is 0 Å². The van der Waals surface area contributed by atoms with Crippen LogP contribution in [0.15, 0.2) is 40.8 Å². The molecule has 1 heterocycles. The van der Waals surface area contributed by atoms with Gasteiger partial charge in [-0.15, -0.1) is 0 Å². The highest BCUT2D eigenvalue weighted by molar-refractivity contribution is 5.95. The lowest BCUT2D eigenvalue weighted by Gasteiger charge is -2.07. The zero-order chi connectivity index (χ0) is 14.7. The molecule has 0 bridgehead atoms. The molecule has 1 fully saturated rings. The summed E-state index contributed by atoms with van der Waals surface area (Å²) in [5.41, 5.74) is 1.48. The molecule has 0 saturated heterocycles. The Kier molecular flexibility index (Phi) is 3.61. The summed E-state index contributed by atoms with van der Waals surface area (Å²) in [6.07, 6.45) is 2.15. The zero-order valence-corrected chi connectivity index (χ0v) is 11.4. The van der Waals surface area contributed by atoms with E-state index in [1.807, 2.05) is 24.3 Å². The van der Waals surface area contributed by atoms with Gasteiger partial charge in [0.15, 0.2) is 0 Å². The van der Waals surface area contributed by atoms with Crippen LogP contribution in [0.1, 0.15) is 34.7 Å². The molecule has 1 saturated carbocycles. The van der Waals surface area contributed by atoms with Gasteiger partial charge in [0, 0.05) is 17.3 Å². The molecule has 1 aromatic heterocycles. The smallest absolute Gasteiger partial charge is 0.251 e. The minimum absolute atomic E-state index is 0.0362. The first kappa shape index (κ1) is 13.3. The number of carbonyl (C=O) groups is 1. The first-order valence-electron chi connectivity index (χ1n) is 6.88. The van der Waals surface area contributed by atoms with E-state index in [4.69, 9.17) is 9.68 Å². The summed E-state index contributed by atoms with van der Waals surface area (Å²) in [7, 11) is 0. The van der Waals surface area contributed by atoms with Crippen molar-refractivity contribution in [1.82, 2.24) is 5.32 Å². The van der Waals surface area contributed by atoms with Crippen LogP contribution in [0.2, 0.25) is 0 Å². The number of nitrogens with one attached hydrogen (secondary N) is 2. The third-order valence-corrected chi connectivity index (χ3v) is 3.28. The highest BCUT2D eigenvalue weighted by Gasteiger charge is 2.23. The third kappa shape index (κ3) is 3.42. The number of benzene rings is 1. The Morgan fingerprint density at radius 1 is 1.33 bits per heavy atom. The number of rotatable bonds is 5. The van der Waals surface area contributed by atoms with Gasteiger partial charge in [-0.1, -0.05) is 6.07 Å². The van der Waals surface area contributed by atoms with E-state index in [2.05, 4.69) is 10.6 Å². The minimum atomic E-state index is -0.0362. The van der Waals surface area contributed by atoms with Gasteiger partial charge in [0.05, 0.1) is 6.54 Å². The minimum Gasteiger partial charge on any atom is -0.449 e. The maximum absolute atomic E-state index is 12.0. The molecular weight excluding hydrogens is 266 g/mol. The Morgan fingerprint density at radius 2 is 2.19 bits per heavy atom. The average molecular weight is 281 g/mol. The van der Waals surface area contributed by atoms with Crippen molar-refractivity contribution in [2.24, 2.45) is 0 Å². The first-order chi connectivity index (χ1) is 10.2. The van der Waals surface area contributed by atoms with Crippen molar-refractivity contribution in [2.75, 3.05) is 5.32 Å². The van der Waals surface area contributed by atoms with E-state index in [1.54, 1.807) is 18.2 Å². The third-order valence-electron chi connectivity index (χ3n) is 3.28. The van der Waals surface area contributed by atoms with Crippen LogP contribution in [0, 0.1) is 11.3 Å². The van der Waals surface area contributed by atoms with Gasteiger partial charge in [0.25, 0.3) is 5.91 Å². The molecule has 5 nitrogen and oxygen atoms in total. The summed E-state index contributed by atoms with van der Waals surface area (Å²) in [4.78, 5) is 12.0. The maximum atomic E-state index is 12.0. The molecule has 0 aliphatic heterocycles. The second-order valence-corrected chi connectivity index (χ2v) is 5.06. The number of furan rings is 1. The predicted octanol–water partition coefficient (Wildman–Crippen LogP) is 2.66. The molecule has 1 aliphatic carbocycles.